The molecule has 0 aliphatic carbocycles. The van der Waals surface area contributed by atoms with Gasteiger partial charge in [0.2, 0.25) is 11.8 Å². The van der Waals surface area contributed by atoms with Crippen LogP contribution in [0.4, 0.5) is 0 Å². The van der Waals surface area contributed by atoms with E-state index in [4.69, 9.17) is 5.11 Å². The minimum absolute atomic E-state index is 0.00460. The number of para-hydroxylation sites is 1. The second kappa shape index (κ2) is 11.4. The number of hydrogen-bond donors (Lipinski definition) is 4. The molecule has 2 amide bonds. The first kappa shape index (κ1) is 24.2. The molecule has 164 valence electrons. The molecule has 1 aliphatic rings. The van der Waals surface area contributed by atoms with Crippen molar-refractivity contribution in [3.05, 3.63) is 29.8 Å². The van der Waals surface area contributed by atoms with Crippen LogP contribution >= 0.6 is 33.3 Å². The molecule has 2 unspecified atom stereocenters. The maximum Gasteiger partial charge on any atom is 0.327 e. The molecule has 1 aromatic carbocycles. The number of carboxylic acids is 2. The lowest BCUT2D eigenvalue weighted by molar-refractivity contribution is -0.149. The van der Waals surface area contributed by atoms with Crippen molar-refractivity contribution in [1.82, 2.24) is 10.2 Å². The van der Waals surface area contributed by atoms with Crippen LogP contribution in [0.5, 0.6) is 5.75 Å². The summed E-state index contributed by atoms with van der Waals surface area (Å²) in [5, 5.41) is 29.4. The number of nitrogens with one attached hydrogen (secondary N) is 1. The number of carbonyl (C=O) groups is 4. The number of nitrogens with zero attached hydrogens (tertiary/aromatic N) is 1. The first-order valence-electron chi connectivity index (χ1n) is 8.93. The molecule has 1 aliphatic heterocycles. The van der Waals surface area contributed by atoms with Crippen LogP contribution in [0.25, 0.3) is 0 Å². The van der Waals surface area contributed by atoms with E-state index in [0.717, 1.165) is 0 Å². The zero-order valence-electron chi connectivity index (χ0n) is 16.0. The maximum atomic E-state index is 12.8. The molecular formula is C18H22N2O7S3. The quantitative estimate of drug-likeness (QED) is 0.292. The molecule has 4 N–H and O–H groups in total. The van der Waals surface area contributed by atoms with Crippen molar-refractivity contribution in [2.75, 3.05) is 18.1 Å². The molecule has 1 saturated heterocycles. The van der Waals surface area contributed by atoms with Crippen molar-refractivity contribution in [2.45, 2.75) is 30.0 Å². The number of amides is 2. The van der Waals surface area contributed by atoms with Crippen molar-refractivity contribution in [1.29, 1.82) is 0 Å². The Morgan fingerprint density at radius 2 is 1.97 bits per heavy atom. The van der Waals surface area contributed by atoms with Crippen molar-refractivity contribution >= 4 is 57.1 Å². The van der Waals surface area contributed by atoms with E-state index in [1.165, 1.54) is 44.3 Å². The van der Waals surface area contributed by atoms with E-state index in [1.807, 2.05) is 0 Å². The molecule has 0 aromatic heterocycles. The third-order valence-electron chi connectivity index (χ3n) is 4.17. The SMILES string of the molecule is CC(SSCCC(=O)N1C(c2ccccc2O)SC[C@H]1C(=O)O)C(=O)NCC(=O)O. The molecule has 0 bridgehead atoms. The van der Waals surface area contributed by atoms with E-state index in [0.29, 0.717) is 11.3 Å². The van der Waals surface area contributed by atoms with Gasteiger partial charge in [0, 0.05) is 23.5 Å². The minimum Gasteiger partial charge on any atom is -0.508 e. The summed E-state index contributed by atoms with van der Waals surface area (Å²) in [7, 11) is 2.49. The fraction of sp³-hybridized carbons (Fsp3) is 0.444. The molecule has 2 rings (SSSR count). The van der Waals surface area contributed by atoms with E-state index >= 15 is 0 Å². The summed E-state index contributed by atoms with van der Waals surface area (Å²) in [5.41, 5.74) is 0.491. The standard InChI is InChI=1S/C18H22N2O7S3/c1-10(16(25)19-8-15(23)24)30-29-7-6-14(22)20-12(18(26)27)9-28-17(20)11-4-2-3-5-13(11)21/h2-5,10,12,17,21H,6-9H2,1H3,(H,19,25)(H,23,24)(H,26,27)/t10?,12-,17?/m0/s1. The second-order valence-corrected chi connectivity index (χ2v) is 10.3. The lowest BCUT2D eigenvalue weighted by Gasteiger charge is -2.28. The van der Waals surface area contributed by atoms with E-state index in [1.54, 1.807) is 25.1 Å². The summed E-state index contributed by atoms with van der Waals surface area (Å²) in [6, 6.07) is 5.55. The highest BCUT2D eigenvalue weighted by molar-refractivity contribution is 8.77. The number of aliphatic carboxylic acids is 2. The Balaban J connectivity index is 1.92. The molecule has 1 fully saturated rings. The molecule has 1 heterocycles. The number of benzene rings is 1. The second-order valence-electron chi connectivity index (χ2n) is 6.32. The van der Waals surface area contributed by atoms with E-state index in [-0.39, 0.29) is 23.8 Å². The monoisotopic (exact) mass is 474 g/mol. The van der Waals surface area contributed by atoms with Crippen molar-refractivity contribution in [2.24, 2.45) is 0 Å². The fourth-order valence-electron chi connectivity index (χ4n) is 2.70. The molecule has 12 heteroatoms. The van der Waals surface area contributed by atoms with Gasteiger partial charge in [-0.05, 0) is 13.0 Å². The summed E-state index contributed by atoms with van der Waals surface area (Å²) < 4.78 is 0. The number of rotatable bonds is 10. The van der Waals surface area contributed by atoms with Gasteiger partial charge in [0.25, 0.3) is 0 Å². The van der Waals surface area contributed by atoms with Gasteiger partial charge in [-0.25, -0.2) is 4.79 Å². The normalized spacial score (nSPS) is 19.3. The first-order valence-corrected chi connectivity index (χ1v) is 12.4. The first-order chi connectivity index (χ1) is 14.2. The Morgan fingerprint density at radius 3 is 2.60 bits per heavy atom. The summed E-state index contributed by atoms with van der Waals surface area (Å²) >= 11 is 1.29. The number of phenols is 1. The number of aromatic hydroxyl groups is 1. The Hall–Kier alpha value is -2.05. The van der Waals surface area contributed by atoms with Gasteiger partial charge in [-0.2, -0.15) is 0 Å². The van der Waals surface area contributed by atoms with E-state index in [2.05, 4.69) is 5.32 Å². The maximum absolute atomic E-state index is 12.8. The summed E-state index contributed by atoms with van der Waals surface area (Å²) in [4.78, 5) is 48.0. The number of hydrogen-bond acceptors (Lipinski definition) is 8. The van der Waals surface area contributed by atoms with Gasteiger partial charge in [-0.1, -0.05) is 39.8 Å². The molecular weight excluding hydrogens is 452 g/mol. The zero-order chi connectivity index (χ0) is 22.3. The van der Waals surface area contributed by atoms with Gasteiger partial charge >= 0.3 is 11.9 Å². The van der Waals surface area contributed by atoms with Crippen LogP contribution in [0.1, 0.15) is 24.3 Å². The molecule has 0 saturated carbocycles. The number of carbonyl (C=O) groups excluding carboxylic acids is 2. The topological polar surface area (TPSA) is 144 Å². The number of thioether (sulfide) groups is 1. The predicted octanol–water partition coefficient (Wildman–Crippen LogP) is 1.78. The van der Waals surface area contributed by atoms with E-state index in [9.17, 15) is 29.4 Å². The number of carboxylic acid groups (broad SMARTS) is 2. The van der Waals surface area contributed by atoms with Gasteiger partial charge < -0.3 is 25.5 Å². The Bertz CT molecular complexity index is 808. The Kier molecular flexibility index (Phi) is 9.18. The van der Waals surface area contributed by atoms with Gasteiger partial charge in [0.1, 0.15) is 23.7 Å². The summed E-state index contributed by atoms with van der Waals surface area (Å²) in [6.07, 6.45) is 0.0650. The summed E-state index contributed by atoms with van der Waals surface area (Å²) in [5.74, 6) is -2.41. The lowest BCUT2D eigenvalue weighted by Crippen LogP contribution is -2.43. The van der Waals surface area contributed by atoms with Crippen molar-refractivity contribution in [3.8, 4) is 5.75 Å². The average Bonchev–Trinajstić information content (AvgIpc) is 3.14. The van der Waals surface area contributed by atoms with Gasteiger partial charge in [-0.3, -0.25) is 14.4 Å². The molecule has 0 spiro atoms. The Labute approximate surface area is 185 Å². The van der Waals surface area contributed by atoms with Crippen LogP contribution in [0.3, 0.4) is 0 Å². The summed E-state index contributed by atoms with van der Waals surface area (Å²) in [6.45, 7) is 1.17. The molecule has 30 heavy (non-hydrogen) atoms. The smallest absolute Gasteiger partial charge is 0.327 e. The molecule has 1 aromatic rings. The Morgan fingerprint density at radius 1 is 1.27 bits per heavy atom. The van der Waals surface area contributed by atoms with Crippen LogP contribution in [0.15, 0.2) is 24.3 Å². The van der Waals surface area contributed by atoms with Gasteiger partial charge in [-0.15, -0.1) is 11.8 Å². The lowest BCUT2D eigenvalue weighted by atomic mass is 10.1. The van der Waals surface area contributed by atoms with Crippen molar-refractivity contribution < 1.29 is 34.5 Å². The molecule has 3 atom stereocenters. The van der Waals surface area contributed by atoms with Crippen LogP contribution in [0.2, 0.25) is 0 Å². The predicted molar refractivity (Wildman–Crippen MR) is 116 cm³/mol. The minimum atomic E-state index is -1.13. The number of phenolic OH excluding ortho intramolecular Hbond substituents is 1. The van der Waals surface area contributed by atoms with Gasteiger partial charge in [0.05, 0.1) is 5.25 Å². The van der Waals surface area contributed by atoms with Gasteiger partial charge in [0.15, 0.2) is 0 Å². The zero-order valence-corrected chi connectivity index (χ0v) is 18.5. The highest BCUT2D eigenvalue weighted by Crippen LogP contribution is 2.44. The highest BCUT2D eigenvalue weighted by Gasteiger charge is 2.42. The average molecular weight is 475 g/mol. The third kappa shape index (κ3) is 6.47. The van der Waals surface area contributed by atoms with Crippen LogP contribution in [-0.2, 0) is 19.2 Å². The van der Waals surface area contributed by atoms with Crippen LogP contribution in [-0.4, -0.2) is 73.3 Å². The van der Waals surface area contributed by atoms with Crippen LogP contribution < -0.4 is 5.32 Å². The third-order valence-corrected chi connectivity index (χ3v) is 8.26. The largest absolute Gasteiger partial charge is 0.508 e. The highest BCUT2D eigenvalue weighted by atomic mass is 33.1. The fourth-order valence-corrected chi connectivity index (χ4v) is 6.31. The molecule has 9 nitrogen and oxygen atoms in total. The van der Waals surface area contributed by atoms with Crippen LogP contribution in [0, 0.1) is 0 Å². The molecule has 0 radical (unpaired) electrons. The van der Waals surface area contributed by atoms with Crippen molar-refractivity contribution in [3.63, 3.8) is 0 Å². The van der Waals surface area contributed by atoms with E-state index < -0.39 is 41.1 Å².